The fourth-order valence-corrected chi connectivity index (χ4v) is 7.86. The Kier molecular flexibility index (Phi) is 9.77. The predicted octanol–water partition coefficient (Wildman–Crippen LogP) is 2.46. The number of aromatic nitrogens is 1. The Hall–Kier alpha value is -5.42. The highest BCUT2D eigenvalue weighted by Gasteiger charge is 2.62. The number of hydrogen-bond donors (Lipinski definition) is 3. The Morgan fingerprint density at radius 2 is 1.90 bits per heavy atom. The maximum absolute atomic E-state index is 14.1. The zero-order valence-electron chi connectivity index (χ0n) is 28.3. The Morgan fingerprint density at radius 3 is 2.53 bits per heavy atom. The Labute approximate surface area is 296 Å². The summed E-state index contributed by atoms with van der Waals surface area (Å²) < 4.78 is 39.4. The molecule has 2 aromatic carbocycles. The number of benzene rings is 2. The second kappa shape index (κ2) is 14.1. The van der Waals surface area contributed by atoms with Crippen molar-refractivity contribution in [3.63, 3.8) is 0 Å². The molecule has 3 fully saturated rings. The van der Waals surface area contributed by atoms with Crippen LogP contribution in [0.4, 0.5) is 0 Å². The van der Waals surface area contributed by atoms with E-state index in [1.165, 1.54) is 17.9 Å². The number of nitrogens with zero attached hydrogens (tertiary/aromatic N) is 2. The zero-order valence-corrected chi connectivity index (χ0v) is 29.1. The largest absolute Gasteiger partial charge is 0.497 e. The van der Waals surface area contributed by atoms with Crippen molar-refractivity contribution in [2.75, 3.05) is 13.7 Å². The number of methoxy groups -OCH3 is 1. The van der Waals surface area contributed by atoms with Crippen molar-refractivity contribution in [3.8, 4) is 35.1 Å². The first-order chi connectivity index (χ1) is 24.4. The highest BCUT2D eigenvalue weighted by molar-refractivity contribution is 7.91. The van der Waals surface area contributed by atoms with Crippen LogP contribution in [0, 0.1) is 18.3 Å². The molecule has 13 nitrogen and oxygen atoms in total. The Bertz CT molecular complexity index is 2040. The first-order valence-corrected chi connectivity index (χ1v) is 18.2. The zero-order chi connectivity index (χ0) is 36.5. The highest BCUT2D eigenvalue weighted by Crippen LogP contribution is 2.45. The second-order valence-corrected chi connectivity index (χ2v) is 15.0. The number of sulfonamides is 1. The molecule has 266 valence electrons. The minimum atomic E-state index is -3.90. The molecule has 0 bridgehead atoms. The van der Waals surface area contributed by atoms with E-state index in [1.54, 1.807) is 25.3 Å². The van der Waals surface area contributed by atoms with Gasteiger partial charge in [-0.25, -0.2) is 13.4 Å². The summed E-state index contributed by atoms with van der Waals surface area (Å²) in [4.78, 5) is 59.7. The molecule has 3 N–H and O–H groups in total. The van der Waals surface area contributed by atoms with Crippen LogP contribution in [0.1, 0.15) is 39.0 Å². The first-order valence-electron chi connectivity index (χ1n) is 16.6. The molecule has 1 aliphatic heterocycles. The molecule has 2 heterocycles. The molecule has 0 spiro atoms. The number of ether oxygens (including phenoxy) is 2. The molecule has 5 atom stereocenters. The van der Waals surface area contributed by atoms with Crippen LogP contribution in [0.2, 0.25) is 0 Å². The molecule has 2 aliphatic carbocycles. The van der Waals surface area contributed by atoms with Crippen LogP contribution >= 0.6 is 0 Å². The van der Waals surface area contributed by atoms with E-state index in [2.05, 4.69) is 27.9 Å². The molecule has 1 aromatic heterocycles. The van der Waals surface area contributed by atoms with Crippen molar-refractivity contribution in [2.24, 2.45) is 5.92 Å². The number of amides is 4. The van der Waals surface area contributed by atoms with E-state index in [-0.39, 0.29) is 25.8 Å². The maximum atomic E-state index is 14.1. The van der Waals surface area contributed by atoms with E-state index in [1.807, 2.05) is 36.4 Å². The van der Waals surface area contributed by atoms with Gasteiger partial charge in [0.05, 0.1) is 30.1 Å². The molecule has 3 aromatic rings. The van der Waals surface area contributed by atoms with Gasteiger partial charge < -0.3 is 25.0 Å². The van der Waals surface area contributed by atoms with Crippen molar-refractivity contribution < 1.29 is 37.1 Å². The molecule has 6 rings (SSSR count). The minimum Gasteiger partial charge on any atom is -0.497 e. The number of carbonyl (C=O) groups excluding carboxylic acids is 4. The van der Waals surface area contributed by atoms with Crippen LogP contribution in [-0.4, -0.2) is 84.6 Å². The summed E-state index contributed by atoms with van der Waals surface area (Å²) in [5.41, 5.74) is 0.511. The third kappa shape index (κ3) is 7.39. The van der Waals surface area contributed by atoms with Crippen LogP contribution in [0.5, 0.6) is 11.5 Å². The number of carbonyl (C=O) groups is 4. The number of pyridine rings is 1. The molecule has 1 unspecified atom stereocenters. The number of terminal acetylenes is 1. The molecule has 3 aliphatic rings. The summed E-state index contributed by atoms with van der Waals surface area (Å²) in [6, 6.07) is 14.4. The van der Waals surface area contributed by atoms with Crippen LogP contribution < -0.4 is 24.8 Å². The van der Waals surface area contributed by atoms with E-state index in [0.29, 0.717) is 40.9 Å². The molecule has 51 heavy (non-hydrogen) atoms. The molecule has 1 saturated heterocycles. The Balaban J connectivity index is 1.32. The standard InChI is InChI=1S/C37H39N5O8S/c1-5-10-29(38-22(3)43)35(45)42-21-26(18-32(42)34(44)40-37(20-24(37)6-2)36(46)41-51(47,48)27-14-15-27)50-33-19-30(23-11-8-7-9-12-23)39-31-17-25(49-4)13-16-28(31)33/h1,6-9,11-13,16-17,19,24,26-27,29,32H,2,10,14-15,18,20-21H2,3-4H3,(H,38,43)(H,40,44)(H,41,46)/t24-,26-,29?,32+,37-/m1/s1. The number of nitrogens with one attached hydrogen (secondary N) is 3. The van der Waals surface area contributed by atoms with Crippen LogP contribution in [0.3, 0.4) is 0 Å². The summed E-state index contributed by atoms with van der Waals surface area (Å²) in [5.74, 6) is 0.301. The van der Waals surface area contributed by atoms with Crippen LogP contribution in [0.15, 0.2) is 67.3 Å². The lowest BCUT2D eigenvalue weighted by molar-refractivity contribution is -0.142. The van der Waals surface area contributed by atoms with E-state index < -0.39 is 68.5 Å². The van der Waals surface area contributed by atoms with Gasteiger partial charge in [-0.2, -0.15) is 0 Å². The molecule has 0 radical (unpaired) electrons. The molecule has 14 heteroatoms. The van der Waals surface area contributed by atoms with Gasteiger partial charge in [-0.3, -0.25) is 23.9 Å². The first kappa shape index (κ1) is 35.4. The summed E-state index contributed by atoms with van der Waals surface area (Å²) >= 11 is 0. The van der Waals surface area contributed by atoms with Gasteiger partial charge in [-0.15, -0.1) is 18.9 Å². The van der Waals surface area contributed by atoms with Gasteiger partial charge in [-0.05, 0) is 31.4 Å². The number of likely N-dealkylation sites (tertiary alicyclic amines) is 1. The van der Waals surface area contributed by atoms with Gasteiger partial charge in [0.2, 0.25) is 27.7 Å². The smallest absolute Gasteiger partial charge is 0.259 e. The SMILES string of the molecule is C#CCC(NC(C)=O)C(=O)N1C[C@H](Oc2cc(-c3ccccc3)nc3cc(OC)ccc23)C[C@H]1C(=O)N[C@]1(C(=O)NS(=O)(=O)C2CC2)C[C@H]1C=C. The lowest BCUT2D eigenvalue weighted by Gasteiger charge is -2.29. The van der Waals surface area contributed by atoms with Crippen molar-refractivity contribution in [1.29, 1.82) is 0 Å². The normalized spacial score (nSPS) is 23.0. The number of hydrogen-bond acceptors (Lipinski definition) is 9. The quantitative estimate of drug-likeness (QED) is 0.178. The molecular formula is C37H39N5O8S. The average molecular weight is 714 g/mol. The molecule has 2 saturated carbocycles. The van der Waals surface area contributed by atoms with Gasteiger partial charge in [0.1, 0.15) is 35.2 Å². The van der Waals surface area contributed by atoms with Crippen molar-refractivity contribution in [3.05, 3.63) is 67.3 Å². The summed E-state index contributed by atoms with van der Waals surface area (Å²) in [7, 11) is -2.34. The van der Waals surface area contributed by atoms with Crippen LogP contribution in [0.25, 0.3) is 22.2 Å². The number of rotatable bonds is 13. The van der Waals surface area contributed by atoms with Crippen LogP contribution in [-0.2, 0) is 29.2 Å². The summed E-state index contributed by atoms with van der Waals surface area (Å²) in [6.45, 7) is 4.95. The lowest BCUT2D eigenvalue weighted by atomic mass is 10.1. The van der Waals surface area contributed by atoms with Gasteiger partial charge in [0.25, 0.3) is 5.91 Å². The van der Waals surface area contributed by atoms with Gasteiger partial charge >= 0.3 is 0 Å². The lowest BCUT2D eigenvalue weighted by Crippen LogP contribution is -2.58. The van der Waals surface area contributed by atoms with Crippen molar-refractivity contribution in [1.82, 2.24) is 25.2 Å². The minimum absolute atomic E-state index is 0.0118. The molecular weight excluding hydrogens is 675 g/mol. The van der Waals surface area contributed by atoms with Gasteiger partial charge in [0, 0.05) is 48.8 Å². The van der Waals surface area contributed by atoms with E-state index >= 15 is 0 Å². The van der Waals surface area contributed by atoms with Gasteiger partial charge in [-0.1, -0.05) is 36.4 Å². The average Bonchev–Trinajstić information content (AvgIpc) is 4.04. The second-order valence-electron chi connectivity index (χ2n) is 13.1. The van der Waals surface area contributed by atoms with Gasteiger partial charge in [0.15, 0.2) is 0 Å². The third-order valence-electron chi connectivity index (χ3n) is 9.44. The predicted molar refractivity (Wildman–Crippen MR) is 189 cm³/mol. The fraction of sp³-hybridized carbons (Fsp3) is 0.378. The van der Waals surface area contributed by atoms with E-state index in [4.69, 9.17) is 20.9 Å². The van der Waals surface area contributed by atoms with Crippen molar-refractivity contribution >= 4 is 44.6 Å². The number of fused-ring (bicyclic) bond motifs is 1. The Morgan fingerprint density at radius 1 is 1.16 bits per heavy atom. The maximum Gasteiger partial charge on any atom is 0.259 e. The monoisotopic (exact) mass is 713 g/mol. The molecule has 4 amide bonds. The third-order valence-corrected chi connectivity index (χ3v) is 11.3. The topological polar surface area (TPSA) is 173 Å². The van der Waals surface area contributed by atoms with E-state index in [9.17, 15) is 27.6 Å². The summed E-state index contributed by atoms with van der Waals surface area (Å²) in [6.07, 6.45) is 7.22. The highest BCUT2D eigenvalue weighted by atomic mass is 32.2. The van der Waals surface area contributed by atoms with E-state index in [0.717, 1.165) is 5.56 Å². The van der Waals surface area contributed by atoms with Crippen molar-refractivity contribution in [2.45, 2.75) is 68.0 Å². The summed E-state index contributed by atoms with van der Waals surface area (Å²) in [5, 5.41) is 5.35. The fourth-order valence-electron chi connectivity index (χ4n) is 6.49.